The van der Waals surface area contributed by atoms with Crippen molar-refractivity contribution in [2.24, 2.45) is 11.7 Å². The summed E-state index contributed by atoms with van der Waals surface area (Å²) in [6.07, 6.45) is 1.90. The van der Waals surface area contributed by atoms with Gasteiger partial charge in [-0.25, -0.2) is 0 Å². The highest BCUT2D eigenvalue weighted by Crippen LogP contribution is 2.20. The van der Waals surface area contributed by atoms with E-state index in [1.807, 2.05) is 11.8 Å². The Morgan fingerprint density at radius 1 is 1.35 bits per heavy atom. The van der Waals surface area contributed by atoms with Gasteiger partial charge >= 0.3 is 0 Å². The van der Waals surface area contributed by atoms with Gasteiger partial charge in [-0.15, -0.1) is 12.4 Å². The van der Waals surface area contributed by atoms with E-state index in [1.54, 1.807) is 24.3 Å². The molecule has 2 N–H and O–H groups in total. The lowest BCUT2D eigenvalue weighted by Crippen LogP contribution is -2.44. The zero-order valence-corrected chi connectivity index (χ0v) is 14.5. The van der Waals surface area contributed by atoms with E-state index < -0.39 is 0 Å². The molecule has 1 aliphatic rings. The van der Waals surface area contributed by atoms with Crippen molar-refractivity contribution in [3.8, 4) is 5.75 Å². The lowest BCUT2D eigenvalue weighted by molar-refractivity contribution is -0.134. The monoisotopic (exact) mass is 340 g/mol. The summed E-state index contributed by atoms with van der Waals surface area (Å²) in [6, 6.07) is 7.09. The van der Waals surface area contributed by atoms with E-state index in [4.69, 9.17) is 10.5 Å². The number of likely N-dealkylation sites (tertiary alicyclic amines) is 1. The molecule has 1 aromatic rings. The first-order valence-corrected chi connectivity index (χ1v) is 7.74. The molecule has 1 unspecified atom stereocenters. The van der Waals surface area contributed by atoms with Crippen molar-refractivity contribution in [1.82, 2.24) is 4.90 Å². The number of halogens is 1. The van der Waals surface area contributed by atoms with Crippen molar-refractivity contribution < 1.29 is 14.3 Å². The first-order chi connectivity index (χ1) is 10.5. The Kier molecular flexibility index (Phi) is 7.52. The maximum atomic E-state index is 12.2. The van der Waals surface area contributed by atoms with Crippen LogP contribution in [-0.4, -0.2) is 42.3 Å². The van der Waals surface area contributed by atoms with Gasteiger partial charge in [-0.1, -0.05) is 12.1 Å². The molecule has 23 heavy (non-hydrogen) atoms. The van der Waals surface area contributed by atoms with Crippen LogP contribution in [0.4, 0.5) is 0 Å². The fourth-order valence-electron chi connectivity index (χ4n) is 2.72. The van der Waals surface area contributed by atoms with Crippen LogP contribution < -0.4 is 10.5 Å². The van der Waals surface area contributed by atoms with Gasteiger partial charge < -0.3 is 15.4 Å². The molecule has 0 aliphatic carbocycles. The number of rotatable bonds is 5. The predicted molar refractivity (Wildman–Crippen MR) is 92.1 cm³/mol. The minimum atomic E-state index is -0.0187. The van der Waals surface area contributed by atoms with E-state index in [0.717, 1.165) is 25.9 Å². The van der Waals surface area contributed by atoms with Gasteiger partial charge in [-0.3, -0.25) is 9.59 Å². The van der Waals surface area contributed by atoms with Crippen molar-refractivity contribution in [3.05, 3.63) is 29.8 Å². The third-order valence-electron chi connectivity index (χ3n) is 4.24. The summed E-state index contributed by atoms with van der Waals surface area (Å²) in [5.41, 5.74) is 6.49. The van der Waals surface area contributed by atoms with Gasteiger partial charge in [0, 0.05) is 24.7 Å². The molecule has 1 amide bonds. The Balaban J connectivity index is 0.00000264. The number of nitrogens with zero attached hydrogens (tertiary/aromatic N) is 1. The molecule has 0 spiro atoms. The molecule has 1 aliphatic heterocycles. The summed E-state index contributed by atoms with van der Waals surface area (Å²) in [5, 5.41) is 0. The lowest BCUT2D eigenvalue weighted by atomic mass is 9.91. The zero-order chi connectivity index (χ0) is 16.1. The normalized spacial score (nSPS) is 16.4. The average molecular weight is 341 g/mol. The maximum absolute atomic E-state index is 12.2. The molecule has 0 aromatic heterocycles. The second kappa shape index (κ2) is 8.89. The third kappa shape index (κ3) is 5.52. The van der Waals surface area contributed by atoms with Crippen LogP contribution in [0.25, 0.3) is 0 Å². The Morgan fingerprint density at radius 2 is 2.00 bits per heavy atom. The van der Waals surface area contributed by atoms with Crippen molar-refractivity contribution in [2.75, 3.05) is 19.7 Å². The number of amides is 1. The number of hydrogen-bond acceptors (Lipinski definition) is 4. The molecule has 0 saturated carbocycles. The summed E-state index contributed by atoms with van der Waals surface area (Å²) < 4.78 is 5.52. The van der Waals surface area contributed by atoms with Gasteiger partial charge in [-0.05, 0) is 44.7 Å². The van der Waals surface area contributed by atoms with Crippen molar-refractivity contribution in [1.29, 1.82) is 0 Å². The molecule has 1 fully saturated rings. The predicted octanol–water partition coefficient (Wildman–Crippen LogP) is 2.28. The van der Waals surface area contributed by atoms with Crippen LogP contribution in [0, 0.1) is 5.92 Å². The molecular weight excluding hydrogens is 316 g/mol. The first kappa shape index (κ1) is 19.5. The number of piperidine rings is 1. The SMILES string of the molecule is CC(=O)c1cccc(OCC(=O)N2CCC(C(C)N)CC2)c1.Cl. The molecular formula is C17H25ClN2O3. The van der Waals surface area contributed by atoms with E-state index >= 15 is 0 Å². The largest absolute Gasteiger partial charge is 0.484 e. The Bertz CT molecular complexity index is 540. The average Bonchev–Trinajstić information content (AvgIpc) is 2.53. The van der Waals surface area contributed by atoms with Crippen molar-refractivity contribution in [2.45, 2.75) is 32.7 Å². The van der Waals surface area contributed by atoms with Crippen LogP contribution >= 0.6 is 12.4 Å². The van der Waals surface area contributed by atoms with E-state index in [0.29, 0.717) is 17.2 Å². The molecule has 128 valence electrons. The smallest absolute Gasteiger partial charge is 0.260 e. The summed E-state index contributed by atoms with van der Waals surface area (Å²) in [5.74, 6) is 1.01. The number of nitrogens with two attached hydrogens (primary N) is 1. The van der Waals surface area contributed by atoms with Crippen LogP contribution in [0.3, 0.4) is 0 Å². The van der Waals surface area contributed by atoms with Gasteiger partial charge in [0.25, 0.3) is 5.91 Å². The van der Waals surface area contributed by atoms with Crippen LogP contribution in [0.1, 0.15) is 37.0 Å². The van der Waals surface area contributed by atoms with Crippen LogP contribution in [0.5, 0.6) is 5.75 Å². The summed E-state index contributed by atoms with van der Waals surface area (Å²) in [4.78, 5) is 25.3. The Labute approximate surface area is 143 Å². The minimum absolute atomic E-state index is 0. The van der Waals surface area contributed by atoms with Crippen LogP contribution in [0.2, 0.25) is 0 Å². The zero-order valence-electron chi connectivity index (χ0n) is 13.7. The van der Waals surface area contributed by atoms with Gasteiger partial charge in [0.15, 0.2) is 12.4 Å². The molecule has 5 nitrogen and oxygen atoms in total. The third-order valence-corrected chi connectivity index (χ3v) is 4.24. The molecule has 1 saturated heterocycles. The minimum Gasteiger partial charge on any atom is -0.484 e. The van der Waals surface area contributed by atoms with Crippen molar-refractivity contribution in [3.63, 3.8) is 0 Å². The summed E-state index contributed by atoms with van der Waals surface area (Å²) >= 11 is 0. The Morgan fingerprint density at radius 3 is 2.57 bits per heavy atom. The number of carbonyl (C=O) groups excluding carboxylic acids is 2. The number of hydrogen-bond donors (Lipinski definition) is 1. The fourth-order valence-corrected chi connectivity index (χ4v) is 2.72. The van der Waals surface area contributed by atoms with Crippen LogP contribution in [-0.2, 0) is 4.79 Å². The highest BCUT2D eigenvalue weighted by Gasteiger charge is 2.24. The van der Waals surface area contributed by atoms with Gasteiger partial charge in [0.1, 0.15) is 5.75 Å². The molecule has 0 bridgehead atoms. The molecule has 2 rings (SSSR count). The second-order valence-corrected chi connectivity index (χ2v) is 5.95. The summed E-state index contributed by atoms with van der Waals surface area (Å²) in [6.45, 7) is 5.01. The highest BCUT2D eigenvalue weighted by atomic mass is 35.5. The lowest BCUT2D eigenvalue weighted by Gasteiger charge is -2.33. The topological polar surface area (TPSA) is 72.6 Å². The van der Waals surface area contributed by atoms with Gasteiger partial charge in [-0.2, -0.15) is 0 Å². The molecule has 1 aromatic carbocycles. The molecule has 1 atom stereocenters. The first-order valence-electron chi connectivity index (χ1n) is 7.74. The maximum Gasteiger partial charge on any atom is 0.260 e. The van der Waals surface area contributed by atoms with E-state index in [-0.39, 0.29) is 36.7 Å². The number of Topliss-reactive ketones (excluding diaryl/α,β-unsaturated/α-hetero) is 1. The van der Waals surface area contributed by atoms with Crippen molar-refractivity contribution >= 4 is 24.1 Å². The molecule has 0 radical (unpaired) electrons. The fraction of sp³-hybridized carbons (Fsp3) is 0.529. The van der Waals surface area contributed by atoms with Gasteiger partial charge in [0.05, 0.1) is 0 Å². The van der Waals surface area contributed by atoms with E-state index in [1.165, 1.54) is 6.92 Å². The second-order valence-electron chi connectivity index (χ2n) is 5.95. The Hall–Kier alpha value is -1.59. The number of benzene rings is 1. The van der Waals surface area contributed by atoms with Gasteiger partial charge in [0.2, 0.25) is 0 Å². The highest BCUT2D eigenvalue weighted by molar-refractivity contribution is 5.94. The number of ether oxygens (including phenoxy) is 1. The number of ketones is 1. The van der Waals surface area contributed by atoms with Crippen LogP contribution in [0.15, 0.2) is 24.3 Å². The summed E-state index contributed by atoms with van der Waals surface area (Å²) in [7, 11) is 0. The van der Waals surface area contributed by atoms with E-state index in [2.05, 4.69) is 0 Å². The quantitative estimate of drug-likeness (QED) is 0.834. The number of carbonyl (C=O) groups is 2. The molecule has 1 heterocycles. The standard InChI is InChI=1S/C17H24N2O3.ClH/c1-12(18)14-6-8-19(9-7-14)17(21)11-22-16-5-3-4-15(10-16)13(2)20;/h3-5,10,12,14H,6-9,11,18H2,1-2H3;1H. The molecule has 6 heteroatoms. The van der Waals surface area contributed by atoms with E-state index in [9.17, 15) is 9.59 Å².